The summed E-state index contributed by atoms with van der Waals surface area (Å²) in [5.74, 6) is -0.248. The van der Waals surface area contributed by atoms with Gasteiger partial charge in [0, 0.05) is 6.04 Å². The van der Waals surface area contributed by atoms with E-state index in [0.29, 0.717) is 22.0 Å². The van der Waals surface area contributed by atoms with Gasteiger partial charge in [0.05, 0.1) is 17.8 Å². The molecule has 0 saturated heterocycles. The van der Waals surface area contributed by atoms with Crippen molar-refractivity contribution in [2.45, 2.75) is 44.2 Å². The molecule has 5 nitrogen and oxygen atoms in total. The molecule has 0 aromatic heterocycles. The summed E-state index contributed by atoms with van der Waals surface area (Å²) in [6.07, 6.45) is 5.25. The summed E-state index contributed by atoms with van der Waals surface area (Å²) < 4.78 is 5.24. The van der Waals surface area contributed by atoms with Gasteiger partial charge < -0.3 is 10.1 Å². The largest absolute Gasteiger partial charge is 0.497 e. The SMILES string of the molecule is COc1ccc([C@@H](C(=O)NC2CCCCC2)N(C(=O)CCl)c2ccccc2Cl)cc1. The first kappa shape index (κ1) is 22.4. The number of rotatable bonds is 7. The van der Waals surface area contributed by atoms with E-state index in [9.17, 15) is 9.59 Å². The molecule has 1 aliphatic rings. The number of hydrogen-bond acceptors (Lipinski definition) is 3. The van der Waals surface area contributed by atoms with Gasteiger partial charge in [-0.3, -0.25) is 14.5 Å². The molecular weight excluding hydrogens is 423 g/mol. The zero-order valence-electron chi connectivity index (χ0n) is 16.9. The Morgan fingerprint density at radius 1 is 1.10 bits per heavy atom. The predicted molar refractivity (Wildman–Crippen MR) is 120 cm³/mol. The van der Waals surface area contributed by atoms with Crippen LogP contribution in [0.25, 0.3) is 0 Å². The number of nitrogens with one attached hydrogen (secondary N) is 1. The number of para-hydroxylation sites is 1. The first-order valence-corrected chi connectivity index (χ1v) is 11.0. The van der Waals surface area contributed by atoms with E-state index in [4.69, 9.17) is 27.9 Å². The first-order valence-electron chi connectivity index (χ1n) is 10.1. The standard InChI is InChI=1S/C23H26Cl2N2O3/c1-30-18-13-11-16(12-14-18)22(23(29)26-17-7-3-2-4-8-17)27(21(28)15-24)20-10-6-5-9-19(20)25/h5-6,9-14,17,22H,2-4,7-8,15H2,1H3,(H,26,29)/t22-/m0/s1. The van der Waals surface area contributed by atoms with E-state index in [0.717, 1.165) is 25.7 Å². The second-order valence-corrected chi connectivity index (χ2v) is 8.04. The van der Waals surface area contributed by atoms with Crippen LogP contribution in [0, 0.1) is 0 Å². The number of benzene rings is 2. The molecule has 1 saturated carbocycles. The third kappa shape index (κ3) is 5.27. The number of halogens is 2. The van der Waals surface area contributed by atoms with Gasteiger partial charge in [-0.05, 0) is 42.7 Å². The summed E-state index contributed by atoms with van der Waals surface area (Å²) in [4.78, 5) is 27.8. The molecule has 0 aliphatic heterocycles. The highest BCUT2D eigenvalue weighted by atomic mass is 35.5. The molecule has 2 aromatic carbocycles. The van der Waals surface area contributed by atoms with E-state index in [2.05, 4.69) is 5.32 Å². The Kier molecular flexibility index (Phi) is 8.00. The van der Waals surface area contributed by atoms with E-state index in [1.807, 2.05) is 0 Å². The van der Waals surface area contributed by atoms with Crippen molar-refractivity contribution in [1.82, 2.24) is 5.32 Å². The van der Waals surface area contributed by atoms with Crippen LogP contribution in [0.5, 0.6) is 5.75 Å². The van der Waals surface area contributed by atoms with Gasteiger partial charge in [-0.15, -0.1) is 11.6 Å². The second-order valence-electron chi connectivity index (χ2n) is 7.37. The fraction of sp³-hybridized carbons (Fsp3) is 0.391. The van der Waals surface area contributed by atoms with E-state index in [-0.39, 0.29) is 17.8 Å². The minimum absolute atomic E-state index is 0.103. The Hall–Kier alpha value is -2.24. The van der Waals surface area contributed by atoms with Crippen LogP contribution in [0.4, 0.5) is 5.69 Å². The van der Waals surface area contributed by atoms with Gasteiger partial charge in [0.1, 0.15) is 17.7 Å². The third-order valence-electron chi connectivity index (χ3n) is 5.38. The van der Waals surface area contributed by atoms with Crippen LogP contribution in [-0.4, -0.2) is 30.8 Å². The minimum atomic E-state index is -0.899. The molecule has 0 bridgehead atoms. The molecule has 2 amide bonds. The summed E-state index contributed by atoms with van der Waals surface area (Å²) in [6, 6.07) is 13.3. The van der Waals surface area contributed by atoms with Crippen LogP contribution in [0.1, 0.15) is 43.7 Å². The molecule has 0 heterocycles. The monoisotopic (exact) mass is 448 g/mol. The molecular formula is C23H26Cl2N2O3. The molecule has 1 aliphatic carbocycles. The Labute approximate surface area is 187 Å². The first-order chi connectivity index (χ1) is 14.5. The van der Waals surface area contributed by atoms with E-state index >= 15 is 0 Å². The van der Waals surface area contributed by atoms with Crippen LogP contribution in [0.2, 0.25) is 5.02 Å². The highest BCUT2D eigenvalue weighted by Crippen LogP contribution is 2.34. The summed E-state index contributed by atoms with van der Waals surface area (Å²) >= 11 is 12.3. The van der Waals surface area contributed by atoms with Gasteiger partial charge in [0.15, 0.2) is 0 Å². The molecule has 0 unspecified atom stereocenters. The Morgan fingerprint density at radius 2 is 1.77 bits per heavy atom. The minimum Gasteiger partial charge on any atom is -0.497 e. The topological polar surface area (TPSA) is 58.6 Å². The highest BCUT2D eigenvalue weighted by Gasteiger charge is 2.34. The molecule has 1 fully saturated rings. The van der Waals surface area contributed by atoms with Crippen LogP contribution >= 0.6 is 23.2 Å². The second kappa shape index (κ2) is 10.7. The van der Waals surface area contributed by atoms with Crippen molar-refractivity contribution in [1.29, 1.82) is 0 Å². The van der Waals surface area contributed by atoms with E-state index < -0.39 is 11.9 Å². The molecule has 0 radical (unpaired) electrons. The number of carbonyl (C=O) groups excluding carboxylic acids is 2. The lowest BCUT2D eigenvalue weighted by molar-refractivity contribution is -0.126. The maximum absolute atomic E-state index is 13.5. The average molecular weight is 449 g/mol. The number of nitrogens with zero attached hydrogens (tertiary/aromatic N) is 1. The molecule has 7 heteroatoms. The Bertz CT molecular complexity index is 867. The van der Waals surface area contributed by atoms with Gasteiger partial charge in [0.25, 0.3) is 0 Å². The van der Waals surface area contributed by atoms with Crippen LogP contribution in [0.15, 0.2) is 48.5 Å². The molecule has 160 valence electrons. The molecule has 1 atom stereocenters. The van der Waals surface area contributed by atoms with Crippen molar-refractivity contribution in [3.63, 3.8) is 0 Å². The summed E-state index contributed by atoms with van der Waals surface area (Å²) in [7, 11) is 1.58. The highest BCUT2D eigenvalue weighted by molar-refractivity contribution is 6.35. The van der Waals surface area contributed by atoms with Crippen molar-refractivity contribution < 1.29 is 14.3 Å². The van der Waals surface area contributed by atoms with Crippen LogP contribution in [0.3, 0.4) is 0 Å². The Morgan fingerprint density at radius 3 is 2.37 bits per heavy atom. The molecule has 1 N–H and O–H groups in total. The number of methoxy groups -OCH3 is 1. The Balaban J connectivity index is 2.03. The fourth-order valence-electron chi connectivity index (χ4n) is 3.86. The quantitative estimate of drug-likeness (QED) is 0.598. The normalized spacial score (nSPS) is 15.3. The van der Waals surface area contributed by atoms with Gasteiger partial charge in [-0.25, -0.2) is 0 Å². The third-order valence-corrected chi connectivity index (χ3v) is 5.93. The number of alkyl halides is 1. The maximum Gasteiger partial charge on any atom is 0.248 e. The van der Waals surface area contributed by atoms with Crippen molar-refractivity contribution in [2.75, 3.05) is 17.9 Å². The van der Waals surface area contributed by atoms with Crippen molar-refractivity contribution >= 4 is 40.7 Å². The van der Waals surface area contributed by atoms with Crippen LogP contribution in [-0.2, 0) is 9.59 Å². The zero-order chi connectivity index (χ0) is 21.5. The maximum atomic E-state index is 13.5. The number of anilines is 1. The van der Waals surface area contributed by atoms with Crippen molar-refractivity contribution in [2.24, 2.45) is 0 Å². The van der Waals surface area contributed by atoms with Gasteiger partial charge in [-0.1, -0.05) is 55.1 Å². The molecule has 30 heavy (non-hydrogen) atoms. The lowest BCUT2D eigenvalue weighted by Gasteiger charge is -2.33. The summed E-state index contributed by atoms with van der Waals surface area (Å²) in [6.45, 7) is 0. The number of carbonyl (C=O) groups is 2. The zero-order valence-corrected chi connectivity index (χ0v) is 18.5. The molecule has 0 spiro atoms. The predicted octanol–water partition coefficient (Wildman–Crippen LogP) is 5.11. The van der Waals surface area contributed by atoms with E-state index in [1.165, 1.54) is 11.3 Å². The smallest absolute Gasteiger partial charge is 0.248 e. The molecule has 3 rings (SSSR count). The number of ether oxygens (including phenoxy) is 1. The van der Waals surface area contributed by atoms with Gasteiger partial charge in [0.2, 0.25) is 11.8 Å². The van der Waals surface area contributed by atoms with Crippen LogP contribution < -0.4 is 15.0 Å². The summed E-state index contributed by atoms with van der Waals surface area (Å²) in [5.41, 5.74) is 1.10. The van der Waals surface area contributed by atoms with Gasteiger partial charge >= 0.3 is 0 Å². The average Bonchev–Trinajstić information content (AvgIpc) is 2.78. The lowest BCUT2D eigenvalue weighted by atomic mass is 9.94. The van der Waals surface area contributed by atoms with E-state index in [1.54, 1.807) is 55.6 Å². The van der Waals surface area contributed by atoms with Gasteiger partial charge in [-0.2, -0.15) is 0 Å². The summed E-state index contributed by atoms with van der Waals surface area (Å²) in [5, 5.41) is 3.52. The molecule has 2 aromatic rings. The number of amides is 2. The fourth-order valence-corrected chi connectivity index (χ4v) is 4.22. The lowest BCUT2D eigenvalue weighted by Crippen LogP contribution is -2.47. The van der Waals surface area contributed by atoms with Crippen molar-refractivity contribution in [3.8, 4) is 5.75 Å². The number of hydrogen-bond donors (Lipinski definition) is 1. The van der Waals surface area contributed by atoms with Crippen molar-refractivity contribution in [3.05, 3.63) is 59.1 Å².